The Morgan fingerprint density at radius 1 is 1.33 bits per heavy atom. The monoisotopic (exact) mass is 280 g/mol. The lowest BCUT2D eigenvalue weighted by molar-refractivity contribution is 0.112. The number of halogens is 1. The van der Waals surface area contributed by atoms with Crippen LogP contribution in [-0.4, -0.2) is 14.4 Å². The zero-order valence-corrected chi connectivity index (χ0v) is 11.7. The van der Waals surface area contributed by atoms with Gasteiger partial charge in [-0.05, 0) is 12.1 Å². The van der Waals surface area contributed by atoms with Crippen molar-refractivity contribution >= 4 is 30.3 Å². The molecule has 0 aliphatic rings. The van der Waals surface area contributed by atoms with Gasteiger partial charge in [-0.1, -0.05) is 47.6 Å². The van der Waals surface area contributed by atoms with Gasteiger partial charge in [-0.25, -0.2) is 0 Å². The molecule has 0 saturated heterocycles. The summed E-state index contributed by atoms with van der Waals surface area (Å²) in [5.74, 6) is 3.10. The second-order valence-electron chi connectivity index (χ2n) is 4.32. The molecule has 0 aliphatic heterocycles. The van der Waals surface area contributed by atoms with Crippen LogP contribution in [0.25, 0.3) is 0 Å². The molecule has 0 N–H and O–H groups in total. The summed E-state index contributed by atoms with van der Waals surface area (Å²) in [6.45, 7) is 6.54. The Bertz CT molecular complexity index is 435. The van der Waals surface area contributed by atoms with Crippen LogP contribution in [0.4, 0.5) is 0 Å². The fourth-order valence-corrected chi connectivity index (χ4v) is 1.99. The van der Waals surface area contributed by atoms with Crippen molar-refractivity contribution < 1.29 is 4.79 Å². The van der Waals surface area contributed by atoms with Crippen molar-refractivity contribution in [2.45, 2.75) is 19.6 Å². The number of carbonyl (C=O) groups is 1. The topological polar surface area (TPSA) is 17.1 Å². The first kappa shape index (κ1) is 12.2. The lowest BCUT2D eigenvalue weighted by Crippen LogP contribution is -2.16. The molecule has 1 rings (SSSR count). The predicted octanol–water partition coefficient (Wildman–Crippen LogP) is 3.49. The molecule has 0 bridgehead atoms. The Morgan fingerprint density at radius 2 is 2.00 bits per heavy atom. The van der Waals surface area contributed by atoms with Crippen molar-refractivity contribution in [2.24, 2.45) is 0 Å². The van der Waals surface area contributed by atoms with E-state index in [-0.39, 0.29) is 0 Å². The first-order chi connectivity index (χ1) is 6.94. The Kier molecular flexibility index (Phi) is 3.89. The van der Waals surface area contributed by atoms with Gasteiger partial charge >= 0.3 is 0 Å². The molecule has 0 atom stereocenters. The molecule has 1 aromatic carbocycles. The summed E-state index contributed by atoms with van der Waals surface area (Å²) in [5.41, 5.74) is 4.70. The van der Waals surface area contributed by atoms with E-state index in [1.165, 1.54) is 0 Å². The minimum Gasteiger partial charge on any atom is -0.298 e. The van der Waals surface area contributed by atoms with Crippen molar-refractivity contribution in [2.75, 3.05) is 0 Å². The average molecular weight is 281 g/mol. The van der Waals surface area contributed by atoms with Crippen molar-refractivity contribution in [3.8, 4) is 11.5 Å². The van der Waals surface area contributed by atoms with Gasteiger partial charge in [-0.2, -0.15) is 0 Å². The van der Waals surface area contributed by atoms with Gasteiger partial charge in [-0.3, -0.25) is 4.79 Å². The highest BCUT2D eigenvalue weighted by Crippen LogP contribution is 2.18. The molecule has 1 nitrogen and oxygen atoms in total. The third kappa shape index (κ3) is 3.65. The van der Waals surface area contributed by atoms with Gasteiger partial charge in [0.05, 0.1) is 0 Å². The van der Waals surface area contributed by atoms with Gasteiger partial charge in [0.1, 0.15) is 8.07 Å². The zero-order chi connectivity index (χ0) is 11.5. The lowest BCUT2D eigenvalue weighted by Gasteiger charge is -2.04. The van der Waals surface area contributed by atoms with Crippen LogP contribution in [-0.2, 0) is 0 Å². The van der Waals surface area contributed by atoms with Crippen molar-refractivity contribution in [3.63, 3.8) is 0 Å². The first-order valence-electron chi connectivity index (χ1n) is 4.71. The molecule has 15 heavy (non-hydrogen) atoms. The van der Waals surface area contributed by atoms with E-state index in [4.69, 9.17) is 0 Å². The number of aldehydes is 1. The SMILES string of the molecule is C[Si](C)(C)C#Cc1cccc(Br)c1C=O. The summed E-state index contributed by atoms with van der Waals surface area (Å²) < 4.78 is 0.805. The molecule has 0 unspecified atom stereocenters. The third-order valence-electron chi connectivity index (χ3n) is 1.74. The summed E-state index contributed by atoms with van der Waals surface area (Å²) in [7, 11) is -1.39. The summed E-state index contributed by atoms with van der Waals surface area (Å²) >= 11 is 3.34. The van der Waals surface area contributed by atoms with Crippen LogP contribution in [0, 0.1) is 11.5 Å². The van der Waals surface area contributed by atoms with Crippen molar-refractivity contribution in [1.82, 2.24) is 0 Å². The maximum absolute atomic E-state index is 10.9. The largest absolute Gasteiger partial charge is 0.298 e. The number of carbonyl (C=O) groups excluding carboxylic acids is 1. The van der Waals surface area contributed by atoms with Crippen molar-refractivity contribution in [3.05, 3.63) is 33.8 Å². The molecular formula is C12H13BrOSi. The highest BCUT2D eigenvalue weighted by molar-refractivity contribution is 9.10. The van der Waals surface area contributed by atoms with Crippen LogP contribution < -0.4 is 0 Å². The maximum atomic E-state index is 10.9. The number of rotatable bonds is 1. The van der Waals surface area contributed by atoms with Gasteiger partial charge in [0.2, 0.25) is 0 Å². The molecule has 78 valence electrons. The van der Waals surface area contributed by atoms with E-state index in [2.05, 4.69) is 47.0 Å². The fraction of sp³-hybridized carbons (Fsp3) is 0.250. The zero-order valence-electron chi connectivity index (χ0n) is 9.10. The van der Waals surface area contributed by atoms with Gasteiger partial charge in [0.25, 0.3) is 0 Å². The average Bonchev–Trinajstić information content (AvgIpc) is 2.13. The Labute approximate surface area is 100 Å². The van der Waals surface area contributed by atoms with Gasteiger partial charge in [0.15, 0.2) is 6.29 Å². The molecule has 0 spiro atoms. The van der Waals surface area contributed by atoms with Crippen LogP contribution in [0.15, 0.2) is 22.7 Å². The first-order valence-corrected chi connectivity index (χ1v) is 9.00. The molecule has 0 aliphatic carbocycles. The number of hydrogen-bond donors (Lipinski definition) is 0. The molecule has 0 amide bonds. The van der Waals surface area contributed by atoms with E-state index in [1.807, 2.05) is 18.2 Å². The molecule has 0 radical (unpaired) electrons. The highest BCUT2D eigenvalue weighted by atomic mass is 79.9. The third-order valence-corrected chi connectivity index (χ3v) is 3.31. The van der Waals surface area contributed by atoms with E-state index in [0.29, 0.717) is 5.56 Å². The standard InChI is InChI=1S/C12H13BrOSi/c1-15(2,3)8-7-10-5-4-6-12(13)11(10)9-14/h4-6,9H,1-3H3. The van der Waals surface area contributed by atoms with Crippen LogP contribution in [0.2, 0.25) is 19.6 Å². The molecular weight excluding hydrogens is 268 g/mol. The van der Waals surface area contributed by atoms with E-state index < -0.39 is 8.07 Å². The molecule has 0 fully saturated rings. The van der Waals surface area contributed by atoms with Gasteiger partial charge in [0, 0.05) is 15.6 Å². The van der Waals surface area contributed by atoms with Crippen molar-refractivity contribution in [1.29, 1.82) is 0 Å². The van der Waals surface area contributed by atoms with E-state index in [0.717, 1.165) is 16.3 Å². The van der Waals surface area contributed by atoms with E-state index in [1.54, 1.807) is 0 Å². The number of benzene rings is 1. The van der Waals surface area contributed by atoms with E-state index >= 15 is 0 Å². The van der Waals surface area contributed by atoms with Crippen LogP contribution in [0.1, 0.15) is 15.9 Å². The minimum absolute atomic E-state index is 0.642. The Balaban J connectivity index is 3.19. The van der Waals surface area contributed by atoms with Crippen LogP contribution >= 0.6 is 15.9 Å². The highest BCUT2D eigenvalue weighted by Gasteiger charge is 2.08. The maximum Gasteiger partial charge on any atom is 0.152 e. The molecule has 0 saturated carbocycles. The smallest absolute Gasteiger partial charge is 0.152 e. The van der Waals surface area contributed by atoms with Gasteiger partial charge < -0.3 is 0 Å². The predicted molar refractivity (Wildman–Crippen MR) is 69.8 cm³/mol. The molecule has 1 aromatic rings. The lowest BCUT2D eigenvalue weighted by atomic mass is 10.1. The Hall–Kier alpha value is -0.853. The second-order valence-corrected chi connectivity index (χ2v) is 9.92. The van der Waals surface area contributed by atoms with E-state index in [9.17, 15) is 4.79 Å². The summed E-state index contributed by atoms with van der Waals surface area (Å²) in [4.78, 5) is 10.9. The summed E-state index contributed by atoms with van der Waals surface area (Å²) in [6, 6.07) is 5.62. The number of hydrogen-bond acceptors (Lipinski definition) is 1. The summed E-state index contributed by atoms with van der Waals surface area (Å²) in [5, 5.41) is 0. The van der Waals surface area contributed by atoms with Gasteiger partial charge in [-0.15, -0.1) is 5.54 Å². The Morgan fingerprint density at radius 3 is 2.53 bits per heavy atom. The molecule has 0 aromatic heterocycles. The van der Waals surface area contributed by atoms with Crippen LogP contribution in [0.5, 0.6) is 0 Å². The summed E-state index contributed by atoms with van der Waals surface area (Å²) in [6.07, 6.45) is 0.846. The quantitative estimate of drug-likeness (QED) is 0.437. The normalized spacial score (nSPS) is 10.4. The molecule has 0 heterocycles. The molecule has 3 heteroatoms. The minimum atomic E-state index is -1.39. The van der Waals surface area contributed by atoms with Crippen LogP contribution in [0.3, 0.4) is 0 Å². The second kappa shape index (κ2) is 4.78. The fourth-order valence-electron chi connectivity index (χ4n) is 1.02.